The molecule has 0 saturated carbocycles. The van der Waals surface area contributed by atoms with Crippen LogP contribution < -0.4 is 16.4 Å². The van der Waals surface area contributed by atoms with Gasteiger partial charge in [0.05, 0.1) is 6.20 Å². The van der Waals surface area contributed by atoms with Crippen molar-refractivity contribution < 1.29 is 14.4 Å². The smallest absolute Gasteiger partial charge is 0.260 e. The van der Waals surface area contributed by atoms with Crippen LogP contribution in [0.3, 0.4) is 0 Å². The van der Waals surface area contributed by atoms with E-state index in [2.05, 4.69) is 15.6 Å². The lowest BCUT2D eigenvalue weighted by Crippen LogP contribution is -2.13. The van der Waals surface area contributed by atoms with Gasteiger partial charge in [0, 0.05) is 18.2 Å². The Morgan fingerprint density at radius 3 is 2.62 bits per heavy atom. The first kappa shape index (κ1) is 14.7. The van der Waals surface area contributed by atoms with Gasteiger partial charge in [-0.05, 0) is 18.2 Å². The maximum Gasteiger partial charge on any atom is 0.260 e. The average molecular weight is 304 g/mol. The fraction of sp³-hybridized carbons (Fsp3) is 0.0769. The summed E-state index contributed by atoms with van der Waals surface area (Å²) in [7, 11) is 0. The van der Waals surface area contributed by atoms with E-state index in [9.17, 15) is 14.4 Å². The van der Waals surface area contributed by atoms with Crippen molar-refractivity contribution in [3.63, 3.8) is 0 Å². The number of carbonyl (C=O) groups is 3. The Kier molecular flexibility index (Phi) is 4.29. The zero-order chi connectivity index (χ0) is 15.4. The predicted octanol–water partition coefficient (Wildman–Crippen LogP) is 1.45. The van der Waals surface area contributed by atoms with Crippen LogP contribution in [0.4, 0.5) is 10.8 Å². The van der Waals surface area contributed by atoms with E-state index in [0.29, 0.717) is 11.3 Å². The minimum atomic E-state index is -0.597. The van der Waals surface area contributed by atoms with Crippen molar-refractivity contribution >= 4 is 39.9 Å². The molecule has 0 radical (unpaired) electrons. The van der Waals surface area contributed by atoms with Gasteiger partial charge in [-0.1, -0.05) is 17.4 Å². The van der Waals surface area contributed by atoms with Crippen LogP contribution in [0.2, 0.25) is 0 Å². The Morgan fingerprint density at radius 1 is 1.24 bits per heavy atom. The summed E-state index contributed by atoms with van der Waals surface area (Å²) in [6, 6.07) is 6.46. The molecule has 21 heavy (non-hydrogen) atoms. The molecule has 0 saturated heterocycles. The summed E-state index contributed by atoms with van der Waals surface area (Å²) in [5.74, 6) is -1.22. The van der Waals surface area contributed by atoms with Crippen molar-refractivity contribution in [2.24, 2.45) is 5.73 Å². The summed E-state index contributed by atoms with van der Waals surface area (Å²) in [5.41, 5.74) is 5.99. The second-order valence-electron chi connectivity index (χ2n) is 4.11. The molecule has 0 aliphatic carbocycles. The number of nitrogens with two attached hydrogens (primary N) is 1. The highest BCUT2D eigenvalue weighted by molar-refractivity contribution is 7.17. The maximum atomic E-state index is 12.1. The number of rotatable bonds is 4. The summed E-state index contributed by atoms with van der Waals surface area (Å²) >= 11 is 0.991. The highest BCUT2D eigenvalue weighted by Gasteiger charge is 2.11. The van der Waals surface area contributed by atoms with Crippen molar-refractivity contribution in [3.8, 4) is 0 Å². The fourth-order valence-electron chi connectivity index (χ4n) is 1.56. The molecule has 3 amide bonds. The minimum absolute atomic E-state index is 0.224. The van der Waals surface area contributed by atoms with Crippen LogP contribution in [0.1, 0.15) is 27.0 Å². The summed E-state index contributed by atoms with van der Waals surface area (Å²) < 4.78 is 0. The number of carbonyl (C=O) groups excluding carboxylic acids is 3. The molecule has 1 heterocycles. The quantitative estimate of drug-likeness (QED) is 0.793. The van der Waals surface area contributed by atoms with E-state index in [1.54, 1.807) is 24.3 Å². The number of hydrogen-bond donors (Lipinski definition) is 3. The van der Waals surface area contributed by atoms with Gasteiger partial charge in [-0.3, -0.25) is 19.7 Å². The Morgan fingerprint density at radius 2 is 2.00 bits per heavy atom. The first-order chi connectivity index (χ1) is 9.95. The monoisotopic (exact) mass is 304 g/mol. The molecule has 0 aliphatic heterocycles. The van der Waals surface area contributed by atoms with E-state index in [4.69, 9.17) is 5.73 Å². The number of nitrogens with one attached hydrogen (secondary N) is 2. The van der Waals surface area contributed by atoms with Crippen LogP contribution in [-0.4, -0.2) is 22.7 Å². The lowest BCUT2D eigenvalue weighted by atomic mass is 10.2. The first-order valence-electron chi connectivity index (χ1n) is 5.90. The molecule has 0 bridgehead atoms. The highest BCUT2D eigenvalue weighted by Crippen LogP contribution is 2.19. The third kappa shape index (κ3) is 3.86. The van der Waals surface area contributed by atoms with Gasteiger partial charge >= 0.3 is 0 Å². The normalized spacial score (nSPS) is 9.95. The van der Waals surface area contributed by atoms with Gasteiger partial charge in [-0.15, -0.1) is 0 Å². The van der Waals surface area contributed by atoms with Crippen LogP contribution in [0, 0.1) is 0 Å². The largest absolute Gasteiger partial charge is 0.365 e. The molecule has 2 rings (SSSR count). The second kappa shape index (κ2) is 6.14. The van der Waals surface area contributed by atoms with Crippen LogP contribution >= 0.6 is 11.3 Å². The summed E-state index contributed by atoms with van der Waals surface area (Å²) in [4.78, 5) is 38.2. The van der Waals surface area contributed by atoms with Crippen LogP contribution in [0.25, 0.3) is 0 Å². The number of nitrogens with zero attached hydrogens (tertiary/aromatic N) is 1. The van der Waals surface area contributed by atoms with Crippen molar-refractivity contribution in [1.82, 2.24) is 4.98 Å². The number of hydrogen-bond acceptors (Lipinski definition) is 5. The Bertz CT molecular complexity index is 711. The third-order valence-electron chi connectivity index (χ3n) is 2.41. The average Bonchev–Trinajstić information content (AvgIpc) is 2.87. The predicted molar refractivity (Wildman–Crippen MR) is 79.3 cm³/mol. The van der Waals surface area contributed by atoms with E-state index in [1.807, 2.05) is 0 Å². The van der Waals surface area contributed by atoms with Crippen molar-refractivity contribution in [1.29, 1.82) is 0 Å². The molecule has 0 unspecified atom stereocenters. The topological polar surface area (TPSA) is 114 Å². The third-order valence-corrected chi connectivity index (χ3v) is 3.34. The molecule has 4 N–H and O–H groups in total. The lowest BCUT2D eigenvalue weighted by Gasteiger charge is -2.05. The molecule has 1 aromatic heterocycles. The molecule has 1 aromatic carbocycles. The van der Waals surface area contributed by atoms with Gasteiger partial charge in [-0.2, -0.15) is 0 Å². The molecule has 0 atom stereocenters. The van der Waals surface area contributed by atoms with Crippen LogP contribution in [-0.2, 0) is 4.79 Å². The van der Waals surface area contributed by atoms with Crippen LogP contribution in [0.5, 0.6) is 0 Å². The van der Waals surface area contributed by atoms with Gasteiger partial charge in [0.25, 0.3) is 11.8 Å². The van der Waals surface area contributed by atoms with Gasteiger partial charge < -0.3 is 11.1 Å². The Labute approximate surface area is 124 Å². The molecule has 0 aliphatic rings. The van der Waals surface area contributed by atoms with E-state index in [-0.39, 0.29) is 15.9 Å². The number of benzene rings is 1. The lowest BCUT2D eigenvalue weighted by molar-refractivity contribution is -0.114. The van der Waals surface area contributed by atoms with Crippen LogP contribution in [0.15, 0.2) is 30.5 Å². The second-order valence-corrected chi connectivity index (χ2v) is 5.14. The zero-order valence-electron chi connectivity index (χ0n) is 11.0. The van der Waals surface area contributed by atoms with Gasteiger partial charge in [0.2, 0.25) is 5.91 Å². The van der Waals surface area contributed by atoms with E-state index < -0.39 is 11.8 Å². The molecular formula is C13H12N4O3S. The molecule has 7 nitrogen and oxygen atoms in total. The van der Waals surface area contributed by atoms with Gasteiger partial charge in [0.1, 0.15) is 4.88 Å². The molecule has 0 fully saturated rings. The van der Waals surface area contributed by atoms with Crippen molar-refractivity contribution in [2.45, 2.75) is 6.92 Å². The fourth-order valence-corrected chi connectivity index (χ4v) is 2.22. The first-order valence-corrected chi connectivity index (χ1v) is 6.72. The standard InChI is InChI=1S/C13H12N4O3S/c1-7(18)16-9-4-2-3-8(5-9)12(20)17-13-15-6-10(21-13)11(14)19/h2-6H,1H3,(H2,14,19)(H,16,18)(H,15,17,20). The van der Waals surface area contributed by atoms with Crippen molar-refractivity contribution in [3.05, 3.63) is 40.9 Å². The van der Waals surface area contributed by atoms with E-state index in [1.165, 1.54) is 13.1 Å². The maximum absolute atomic E-state index is 12.1. The van der Waals surface area contributed by atoms with Gasteiger partial charge in [-0.25, -0.2) is 4.98 Å². The Balaban J connectivity index is 2.12. The zero-order valence-corrected chi connectivity index (χ0v) is 11.9. The molecule has 2 aromatic rings. The number of anilines is 2. The number of amides is 3. The molecule has 8 heteroatoms. The van der Waals surface area contributed by atoms with Gasteiger partial charge in [0.15, 0.2) is 5.13 Å². The summed E-state index contributed by atoms with van der Waals surface area (Å²) in [6.45, 7) is 1.38. The number of primary amides is 1. The molecular weight excluding hydrogens is 292 g/mol. The minimum Gasteiger partial charge on any atom is -0.365 e. The Hall–Kier alpha value is -2.74. The molecule has 0 spiro atoms. The van der Waals surface area contributed by atoms with E-state index in [0.717, 1.165) is 11.3 Å². The highest BCUT2D eigenvalue weighted by atomic mass is 32.1. The number of thiazole rings is 1. The molecule has 108 valence electrons. The number of aromatic nitrogens is 1. The van der Waals surface area contributed by atoms with Crippen molar-refractivity contribution in [2.75, 3.05) is 10.6 Å². The van der Waals surface area contributed by atoms with E-state index >= 15 is 0 Å². The SMILES string of the molecule is CC(=O)Nc1cccc(C(=O)Nc2ncc(C(N)=O)s2)c1. The summed E-state index contributed by atoms with van der Waals surface area (Å²) in [5, 5.41) is 5.43. The summed E-state index contributed by atoms with van der Waals surface area (Å²) in [6.07, 6.45) is 1.30.